The highest BCUT2D eigenvalue weighted by Crippen LogP contribution is 2.36. The molecule has 2 aromatic heterocycles. The van der Waals surface area contributed by atoms with E-state index in [9.17, 15) is 4.79 Å². The van der Waals surface area contributed by atoms with Crippen LogP contribution in [0, 0.1) is 0 Å². The van der Waals surface area contributed by atoms with Gasteiger partial charge in [0.2, 0.25) is 22.8 Å². The van der Waals surface area contributed by atoms with E-state index in [1.165, 1.54) is 23.1 Å². The second-order valence-corrected chi connectivity index (χ2v) is 8.77. The van der Waals surface area contributed by atoms with Crippen molar-refractivity contribution in [2.45, 2.75) is 35.9 Å². The normalized spacial score (nSPS) is 13.8. The summed E-state index contributed by atoms with van der Waals surface area (Å²) < 4.78 is 7.41. The summed E-state index contributed by atoms with van der Waals surface area (Å²) in [5.74, 6) is 1.50. The zero-order valence-corrected chi connectivity index (χ0v) is 17.0. The van der Waals surface area contributed by atoms with E-state index in [0.717, 1.165) is 27.2 Å². The number of halogens is 1. The first kappa shape index (κ1) is 17.6. The van der Waals surface area contributed by atoms with Gasteiger partial charge < -0.3 is 4.42 Å². The summed E-state index contributed by atoms with van der Waals surface area (Å²) in [6.07, 6.45) is 2.06. The molecular weight excluding hydrogens is 438 g/mol. The van der Waals surface area contributed by atoms with E-state index in [1.54, 1.807) is 11.8 Å². The molecule has 1 aliphatic carbocycles. The number of rotatable bonds is 6. The molecule has 0 aliphatic heterocycles. The Morgan fingerprint density at radius 1 is 1.31 bits per heavy atom. The van der Waals surface area contributed by atoms with Crippen LogP contribution < -0.4 is 4.90 Å². The molecule has 4 rings (SSSR count). The molecule has 26 heavy (non-hydrogen) atoms. The first-order valence-corrected chi connectivity index (χ1v) is 10.5. The van der Waals surface area contributed by atoms with Crippen molar-refractivity contribution in [3.63, 3.8) is 0 Å². The minimum absolute atomic E-state index is 0.00943. The van der Waals surface area contributed by atoms with Gasteiger partial charge in [0.25, 0.3) is 0 Å². The highest BCUT2D eigenvalue weighted by Gasteiger charge is 2.34. The molecule has 1 fully saturated rings. The van der Waals surface area contributed by atoms with Gasteiger partial charge in [-0.25, -0.2) is 0 Å². The third-order valence-electron chi connectivity index (χ3n) is 3.74. The lowest BCUT2D eigenvalue weighted by molar-refractivity contribution is -0.116. The average molecular weight is 452 g/mol. The number of hydrogen-bond acceptors (Lipinski definition) is 8. The molecule has 0 unspecified atom stereocenters. The number of anilines is 1. The minimum atomic E-state index is 0.00943. The van der Waals surface area contributed by atoms with E-state index in [4.69, 9.17) is 4.42 Å². The Hall–Kier alpha value is -1.78. The topological polar surface area (TPSA) is 85.0 Å². The fourth-order valence-electron chi connectivity index (χ4n) is 2.42. The molecule has 1 saturated carbocycles. The maximum atomic E-state index is 11.8. The molecule has 1 aromatic carbocycles. The van der Waals surface area contributed by atoms with Crippen LogP contribution in [0.5, 0.6) is 0 Å². The predicted octanol–water partition coefficient (Wildman–Crippen LogP) is 4.16. The fraction of sp³-hybridized carbons (Fsp3) is 0.312. The minimum Gasteiger partial charge on any atom is -0.420 e. The number of carbonyl (C=O) groups excluding carboxylic acids is 1. The van der Waals surface area contributed by atoms with Gasteiger partial charge in [-0.1, -0.05) is 35.2 Å². The summed E-state index contributed by atoms with van der Waals surface area (Å²) in [7, 11) is 0. The summed E-state index contributed by atoms with van der Waals surface area (Å²) in [5, 5.41) is 17.2. The van der Waals surface area contributed by atoms with Crippen LogP contribution in [0.2, 0.25) is 0 Å². The first-order valence-electron chi connectivity index (χ1n) is 7.95. The van der Waals surface area contributed by atoms with Crippen LogP contribution >= 0.6 is 39.0 Å². The van der Waals surface area contributed by atoms with Crippen LogP contribution in [0.25, 0.3) is 11.5 Å². The van der Waals surface area contributed by atoms with E-state index in [2.05, 4.69) is 36.3 Å². The Labute approximate surface area is 166 Å². The molecule has 1 aliphatic rings. The molecular formula is C16H14BrN5O2S2. The molecule has 0 saturated heterocycles. The molecule has 0 spiro atoms. The summed E-state index contributed by atoms with van der Waals surface area (Å²) in [6, 6.07) is 7.97. The summed E-state index contributed by atoms with van der Waals surface area (Å²) in [4.78, 5) is 13.5. The maximum absolute atomic E-state index is 11.8. The van der Waals surface area contributed by atoms with Crippen molar-refractivity contribution in [3.8, 4) is 11.5 Å². The van der Waals surface area contributed by atoms with E-state index in [0.29, 0.717) is 22.7 Å². The Morgan fingerprint density at radius 3 is 2.85 bits per heavy atom. The molecule has 0 radical (unpaired) electrons. The molecule has 10 heteroatoms. The van der Waals surface area contributed by atoms with Crippen molar-refractivity contribution >= 4 is 50.1 Å². The van der Waals surface area contributed by atoms with E-state index in [1.807, 2.05) is 24.3 Å². The van der Waals surface area contributed by atoms with Crippen LogP contribution in [0.15, 0.2) is 37.5 Å². The number of nitrogens with zero attached hydrogens (tertiary/aromatic N) is 5. The Kier molecular flexibility index (Phi) is 5.05. The molecule has 2 heterocycles. The van der Waals surface area contributed by atoms with E-state index >= 15 is 0 Å². The molecule has 134 valence electrons. The van der Waals surface area contributed by atoms with E-state index < -0.39 is 0 Å². The number of benzene rings is 1. The van der Waals surface area contributed by atoms with Crippen molar-refractivity contribution in [1.29, 1.82) is 0 Å². The second kappa shape index (κ2) is 7.45. The number of aromatic nitrogens is 4. The molecule has 1 amide bonds. The van der Waals surface area contributed by atoms with Gasteiger partial charge in [0, 0.05) is 17.4 Å². The number of thioether (sulfide) groups is 1. The standard InChI is InChI=1S/C16H14BrN5O2S2/c1-9(23)22(10-6-7-10)15-20-21-16(26-15)25-8-13-18-19-14(24-13)11-4-2-3-5-12(11)17/h2-5,10H,6-8H2,1H3. The van der Waals surface area contributed by atoms with Crippen molar-refractivity contribution in [1.82, 2.24) is 20.4 Å². The lowest BCUT2D eigenvalue weighted by atomic mass is 10.2. The highest BCUT2D eigenvalue weighted by molar-refractivity contribution is 9.10. The Bertz CT molecular complexity index is 940. The molecule has 7 nitrogen and oxygen atoms in total. The molecule has 0 N–H and O–H groups in total. The van der Waals surface area contributed by atoms with Gasteiger partial charge in [0.1, 0.15) is 0 Å². The Balaban J connectivity index is 1.42. The number of amides is 1. The fourth-order valence-corrected chi connectivity index (χ4v) is 4.67. The van der Waals surface area contributed by atoms with Gasteiger partial charge in [0.15, 0.2) is 4.34 Å². The quantitative estimate of drug-likeness (QED) is 0.410. The SMILES string of the molecule is CC(=O)N(c1nnc(SCc2nnc(-c3ccccc3Br)o2)s1)C1CC1. The smallest absolute Gasteiger partial charge is 0.248 e. The van der Waals surface area contributed by atoms with Gasteiger partial charge in [-0.3, -0.25) is 9.69 Å². The van der Waals surface area contributed by atoms with Gasteiger partial charge in [-0.2, -0.15) is 0 Å². The molecule has 3 aromatic rings. The van der Waals surface area contributed by atoms with Gasteiger partial charge in [-0.05, 0) is 40.9 Å². The summed E-state index contributed by atoms with van der Waals surface area (Å²) in [5.41, 5.74) is 0.857. The first-order chi connectivity index (χ1) is 12.6. The van der Waals surface area contributed by atoms with Crippen molar-refractivity contribution < 1.29 is 9.21 Å². The summed E-state index contributed by atoms with van der Waals surface area (Å²) in [6.45, 7) is 1.56. The van der Waals surface area contributed by atoms with Crippen molar-refractivity contribution in [3.05, 3.63) is 34.6 Å². The maximum Gasteiger partial charge on any atom is 0.248 e. The van der Waals surface area contributed by atoms with Crippen LogP contribution in [-0.2, 0) is 10.5 Å². The monoisotopic (exact) mass is 451 g/mol. The zero-order valence-electron chi connectivity index (χ0n) is 13.8. The Morgan fingerprint density at radius 2 is 2.12 bits per heavy atom. The number of hydrogen-bond donors (Lipinski definition) is 0. The van der Waals surface area contributed by atoms with Crippen molar-refractivity contribution in [2.24, 2.45) is 0 Å². The van der Waals surface area contributed by atoms with Crippen molar-refractivity contribution in [2.75, 3.05) is 4.90 Å². The largest absolute Gasteiger partial charge is 0.420 e. The predicted molar refractivity (Wildman–Crippen MR) is 103 cm³/mol. The molecule has 0 atom stereocenters. The summed E-state index contributed by atoms with van der Waals surface area (Å²) >= 11 is 6.36. The van der Waals surface area contributed by atoms with Gasteiger partial charge >= 0.3 is 0 Å². The van der Waals surface area contributed by atoms with Crippen LogP contribution in [0.3, 0.4) is 0 Å². The molecule has 0 bridgehead atoms. The second-order valence-electron chi connectivity index (χ2n) is 5.74. The van der Waals surface area contributed by atoms with Gasteiger partial charge in [-0.15, -0.1) is 20.4 Å². The van der Waals surface area contributed by atoms with Crippen LogP contribution in [-0.4, -0.2) is 32.3 Å². The number of carbonyl (C=O) groups is 1. The third kappa shape index (κ3) is 3.81. The van der Waals surface area contributed by atoms with Crippen LogP contribution in [0.1, 0.15) is 25.7 Å². The highest BCUT2D eigenvalue weighted by atomic mass is 79.9. The average Bonchev–Trinajstić information content (AvgIpc) is 3.15. The van der Waals surface area contributed by atoms with Gasteiger partial charge in [0.05, 0.1) is 11.3 Å². The lowest BCUT2D eigenvalue weighted by Crippen LogP contribution is -2.30. The van der Waals surface area contributed by atoms with Crippen LogP contribution in [0.4, 0.5) is 5.13 Å². The lowest BCUT2D eigenvalue weighted by Gasteiger charge is -2.15. The zero-order chi connectivity index (χ0) is 18.1. The third-order valence-corrected chi connectivity index (χ3v) is 6.48. The van der Waals surface area contributed by atoms with E-state index in [-0.39, 0.29) is 11.9 Å².